The summed E-state index contributed by atoms with van der Waals surface area (Å²) in [5, 5.41) is 7.16. The largest absolute Gasteiger partial charge is 0.465 e. The molecule has 4 aromatic rings. The predicted molar refractivity (Wildman–Crippen MR) is 120 cm³/mol. The van der Waals surface area contributed by atoms with Gasteiger partial charge in [-0.05, 0) is 36.4 Å². The van der Waals surface area contributed by atoms with E-state index in [2.05, 4.69) is 31.8 Å². The molecule has 4 rings (SSSR count). The number of carbonyl (C=O) groups excluding carboxylic acids is 1. The summed E-state index contributed by atoms with van der Waals surface area (Å²) in [6, 6.07) is 6.85. The van der Waals surface area contributed by atoms with Crippen molar-refractivity contribution < 1.29 is 26.7 Å². The molecular weight excluding hydrogens is 490 g/mol. The van der Waals surface area contributed by atoms with E-state index in [1.165, 1.54) is 18.5 Å². The van der Waals surface area contributed by atoms with Gasteiger partial charge in [-0.15, -0.1) is 0 Å². The number of benzene rings is 2. The van der Waals surface area contributed by atoms with Crippen LogP contribution in [0.15, 0.2) is 53.7 Å². The number of anilines is 1. The first-order valence-electron chi connectivity index (χ1n) is 9.39. The average Bonchev–Trinajstić information content (AvgIpc) is 3.28. The molecule has 0 atom stereocenters. The van der Waals surface area contributed by atoms with Gasteiger partial charge in [0, 0.05) is 22.2 Å². The van der Waals surface area contributed by atoms with Crippen molar-refractivity contribution in [1.29, 1.82) is 0 Å². The van der Waals surface area contributed by atoms with Crippen LogP contribution in [0.25, 0.3) is 11.0 Å². The fourth-order valence-corrected chi connectivity index (χ4v) is 4.50. The van der Waals surface area contributed by atoms with Gasteiger partial charge in [0.2, 0.25) is 0 Å². The molecule has 8 nitrogen and oxygen atoms in total. The maximum Gasteiger partial charge on any atom is 0.339 e. The van der Waals surface area contributed by atoms with Crippen LogP contribution in [0, 0.1) is 23.5 Å². The number of hydrogen-bond donors (Lipinski definition) is 2. The van der Waals surface area contributed by atoms with Gasteiger partial charge in [0.1, 0.15) is 10.7 Å². The van der Waals surface area contributed by atoms with Crippen LogP contribution in [0.4, 0.5) is 14.5 Å². The Labute approximate surface area is 197 Å². The first kappa shape index (κ1) is 23.2. The Morgan fingerprint density at radius 3 is 2.71 bits per heavy atom. The lowest BCUT2D eigenvalue weighted by atomic mass is 10.1. The van der Waals surface area contributed by atoms with Gasteiger partial charge in [-0.25, -0.2) is 27.0 Å². The third kappa shape index (κ3) is 4.54. The molecular formula is C22H13ClF2N4O4S. The van der Waals surface area contributed by atoms with Gasteiger partial charge in [-0.2, -0.15) is 5.10 Å². The fraction of sp³-hybridized carbons (Fsp3) is 0.0455. The number of methoxy groups -OCH3 is 1. The van der Waals surface area contributed by atoms with E-state index in [4.69, 9.17) is 11.6 Å². The van der Waals surface area contributed by atoms with Crippen molar-refractivity contribution in [2.75, 3.05) is 11.8 Å². The number of aromatic amines is 1. The summed E-state index contributed by atoms with van der Waals surface area (Å²) in [7, 11) is -3.45. The molecule has 0 bridgehead atoms. The number of pyridine rings is 1. The van der Waals surface area contributed by atoms with Crippen LogP contribution in [0.5, 0.6) is 0 Å². The molecule has 172 valence electrons. The highest BCUT2D eigenvalue weighted by molar-refractivity contribution is 7.92. The zero-order chi connectivity index (χ0) is 24.5. The van der Waals surface area contributed by atoms with E-state index in [-0.39, 0.29) is 10.6 Å². The maximum atomic E-state index is 15.1. The number of halogens is 3. The number of carbonyl (C=O) groups is 1. The van der Waals surface area contributed by atoms with Crippen molar-refractivity contribution >= 4 is 44.3 Å². The number of aromatic nitrogens is 3. The van der Waals surface area contributed by atoms with E-state index in [1.807, 2.05) is 4.72 Å². The van der Waals surface area contributed by atoms with Crippen LogP contribution >= 0.6 is 11.6 Å². The highest BCUT2D eigenvalue weighted by atomic mass is 35.5. The molecule has 2 heterocycles. The second kappa shape index (κ2) is 9.09. The molecule has 2 aromatic heterocycles. The third-order valence-corrected chi connectivity index (χ3v) is 6.24. The van der Waals surface area contributed by atoms with Crippen LogP contribution in [0.2, 0.25) is 5.02 Å². The molecule has 34 heavy (non-hydrogen) atoms. The molecule has 0 saturated carbocycles. The molecule has 0 aliphatic carbocycles. The molecule has 2 N–H and O–H groups in total. The molecule has 12 heteroatoms. The van der Waals surface area contributed by atoms with Crippen molar-refractivity contribution in [1.82, 2.24) is 15.2 Å². The third-order valence-electron chi connectivity index (χ3n) is 4.60. The first-order valence-corrected chi connectivity index (χ1v) is 11.3. The highest BCUT2D eigenvalue weighted by Gasteiger charge is 2.25. The molecule has 0 radical (unpaired) electrons. The molecule has 0 aliphatic rings. The first-order chi connectivity index (χ1) is 16.2. The van der Waals surface area contributed by atoms with Crippen molar-refractivity contribution in [3.63, 3.8) is 0 Å². The Hall–Kier alpha value is -4.01. The van der Waals surface area contributed by atoms with E-state index in [1.54, 1.807) is 6.07 Å². The van der Waals surface area contributed by atoms with E-state index >= 15 is 4.39 Å². The van der Waals surface area contributed by atoms with Gasteiger partial charge in [-0.3, -0.25) is 9.82 Å². The van der Waals surface area contributed by atoms with E-state index in [0.717, 1.165) is 31.4 Å². The molecule has 2 aromatic carbocycles. The molecule has 0 unspecified atom stereocenters. The zero-order valence-corrected chi connectivity index (χ0v) is 18.8. The van der Waals surface area contributed by atoms with Crippen molar-refractivity contribution in [2.45, 2.75) is 4.90 Å². The molecule has 0 amide bonds. The van der Waals surface area contributed by atoms with Gasteiger partial charge in [0.15, 0.2) is 11.5 Å². The lowest BCUT2D eigenvalue weighted by Gasteiger charge is -2.13. The minimum atomic E-state index is -4.53. The maximum absolute atomic E-state index is 15.1. The lowest BCUT2D eigenvalue weighted by Crippen LogP contribution is -2.18. The van der Waals surface area contributed by atoms with Gasteiger partial charge in [-0.1, -0.05) is 23.4 Å². The summed E-state index contributed by atoms with van der Waals surface area (Å²) in [5.74, 6) is 1.79. The average molecular weight is 503 g/mol. The van der Waals surface area contributed by atoms with Crippen molar-refractivity contribution in [2.24, 2.45) is 0 Å². The molecule has 0 fully saturated rings. The van der Waals surface area contributed by atoms with Gasteiger partial charge in [0.25, 0.3) is 10.0 Å². The highest BCUT2D eigenvalue weighted by Crippen LogP contribution is 2.27. The summed E-state index contributed by atoms with van der Waals surface area (Å²) >= 11 is 5.88. The normalized spacial score (nSPS) is 11.1. The number of nitrogens with zero attached hydrogens (tertiary/aromatic N) is 2. The predicted octanol–water partition coefficient (Wildman–Crippen LogP) is 3.88. The van der Waals surface area contributed by atoms with Crippen LogP contribution < -0.4 is 4.72 Å². The summed E-state index contributed by atoms with van der Waals surface area (Å²) < 4.78 is 61.9. The number of esters is 1. The number of ether oxygens (including phenoxy) is 1. The summed E-state index contributed by atoms with van der Waals surface area (Å²) in [5.41, 5.74) is -0.673. The summed E-state index contributed by atoms with van der Waals surface area (Å²) in [6.07, 6.45) is 2.91. The Bertz CT molecular complexity index is 1610. The monoisotopic (exact) mass is 502 g/mol. The number of fused-ring (bicyclic) bond motifs is 1. The Balaban J connectivity index is 1.72. The van der Waals surface area contributed by atoms with Crippen LogP contribution in [-0.2, 0) is 14.8 Å². The Morgan fingerprint density at radius 2 is 1.94 bits per heavy atom. The smallest absolute Gasteiger partial charge is 0.339 e. The number of rotatable bonds is 4. The Morgan fingerprint density at radius 1 is 1.15 bits per heavy atom. The topological polar surface area (TPSA) is 114 Å². The molecule has 0 aliphatic heterocycles. The van der Waals surface area contributed by atoms with Crippen molar-refractivity contribution in [3.8, 4) is 11.8 Å². The fourth-order valence-electron chi connectivity index (χ4n) is 2.98. The summed E-state index contributed by atoms with van der Waals surface area (Å²) in [6.45, 7) is 0. The number of hydrogen-bond acceptors (Lipinski definition) is 6. The second-order valence-electron chi connectivity index (χ2n) is 6.80. The minimum absolute atomic E-state index is 0.0161. The van der Waals surface area contributed by atoms with Gasteiger partial charge in [0.05, 0.1) is 30.1 Å². The SMILES string of the molecule is COC(=O)c1ccc(Cl)cc1S(=O)(=O)Nc1ccc(F)c(C#Cc2cnc3[nH]ncc3c2)c1F. The lowest BCUT2D eigenvalue weighted by molar-refractivity contribution is 0.0596. The quantitative estimate of drug-likeness (QED) is 0.323. The van der Waals surface area contributed by atoms with Crippen LogP contribution in [0.1, 0.15) is 21.5 Å². The van der Waals surface area contributed by atoms with E-state index < -0.39 is 43.8 Å². The molecule has 0 saturated heterocycles. The van der Waals surface area contributed by atoms with Gasteiger partial charge >= 0.3 is 5.97 Å². The Kier molecular flexibility index (Phi) is 6.19. The number of nitrogens with one attached hydrogen (secondary N) is 2. The minimum Gasteiger partial charge on any atom is -0.465 e. The second-order valence-corrected chi connectivity index (χ2v) is 8.89. The summed E-state index contributed by atoms with van der Waals surface area (Å²) in [4.78, 5) is 15.5. The zero-order valence-electron chi connectivity index (χ0n) is 17.2. The number of sulfonamides is 1. The van der Waals surface area contributed by atoms with Crippen molar-refractivity contribution in [3.05, 3.63) is 82.1 Å². The number of H-pyrrole nitrogens is 1. The van der Waals surface area contributed by atoms with Crippen LogP contribution in [-0.4, -0.2) is 36.7 Å². The van der Waals surface area contributed by atoms with E-state index in [0.29, 0.717) is 16.6 Å². The van der Waals surface area contributed by atoms with Gasteiger partial charge < -0.3 is 4.74 Å². The molecule has 0 spiro atoms. The van der Waals surface area contributed by atoms with E-state index in [9.17, 15) is 17.6 Å². The van der Waals surface area contributed by atoms with Crippen LogP contribution in [0.3, 0.4) is 0 Å². The standard InChI is InChI=1S/C22H13ClF2N4O4S/c1-33-22(30)16-5-3-14(23)9-19(16)34(31,32)29-18-7-6-17(24)15(20(18)25)4-2-12-8-13-11-27-28-21(13)26-10-12/h3,5-11,29H,1H3,(H,26,27,28).